The lowest BCUT2D eigenvalue weighted by Gasteiger charge is -2.46. The Morgan fingerprint density at radius 1 is 1.06 bits per heavy atom. The van der Waals surface area contributed by atoms with Gasteiger partial charge in [0.15, 0.2) is 5.82 Å². The number of likely N-dealkylation sites (N-methyl/N-ethyl adjacent to an activating group) is 1. The third-order valence-electron chi connectivity index (χ3n) is 6.75. The number of anilines is 2. The first-order chi connectivity index (χ1) is 16.6. The quantitative estimate of drug-likeness (QED) is 0.487. The van der Waals surface area contributed by atoms with Crippen LogP contribution < -0.4 is 10.1 Å². The van der Waals surface area contributed by atoms with Crippen LogP contribution in [0.4, 0.5) is 11.5 Å². The Bertz CT molecular complexity index is 1300. The van der Waals surface area contributed by atoms with Crippen LogP contribution in [0.25, 0.3) is 16.6 Å². The average Bonchev–Trinajstić information content (AvgIpc) is 3.23. The monoisotopic (exact) mass is 457 g/mol. The highest BCUT2D eigenvalue weighted by Crippen LogP contribution is 2.35. The van der Waals surface area contributed by atoms with Crippen LogP contribution in [0.15, 0.2) is 55.4 Å². The maximum Gasteiger partial charge on any atom is 0.153 e. The van der Waals surface area contributed by atoms with Crippen LogP contribution >= 0.6 is 0 Å². The maximum atomic E-state index is 6.58. The largest absolute Gasteiger partial charge is 0.488 e. The van der Waals surface area contributed by atoms with Crippen molar-refractivity contribution in [1.82, 2.24) is 29.5 Å². The van der Waals surface area contributed by atoms with Crippen LogP contribution in [-0.4, -0.2) is 67.9 Å². The maximum absolute atomic E-state index is 6.58. The van der Waals surface area contributed by atoms with Crippen LogP contribution in [0.1, 0.15) is 18.5 Å². The molecule has 0 aliphatic carbocycles. The minimum atomic E-state index is 0.154. The molecule has 4 aromatic heterocycles. The fourth-order valence-corrected chi connectivity index (χ4v) is 4.92. The number of fused-ring (bicyclic) bond motifs is 3. The molecule has 0 aromatic carbocycles. The number of ether oxygens (including phenoxy) is 2. The molecule has 1 unspecified atom stereocenters. The van der Waals surface area contributed by atoms with Gasteiger partial charge in [-0.15, -0.1) is 0 Å². The van der Waals surface area contributed by atoms with E-state index >= 15 is 0 Å². The molecule has 3 atom stereocenters. The lowest BCUT2D eigenvalue weighted by Crippen LogP contribution is -2.57. The molecule has 0 saturated carbocycles. The summed E-state index contributed by atoms with van der Waals surface area (Å²) >= 11 is 0. The zero-order chi connectivity index (χ0) is 23.1. The number of aryl methyl sites for hydroxylation is 1. The van der Waals surface area contributed by atoms with E-state index in [0.717, 1.165) is 65.6 Å². The van der Waals surface area contributed by atoms with Crippen molar-refractivity contribution < 1.29 is 9.47 Å². The first-order valence-electron chi connectivity index (χ1n) is 11.6. The van der Waals surface area contributed by atoms with Gasteiger partial charge in [0.25, 0.3) is 0 Å². The Labute approximate surface area is 197 Å². The van der Waals surface area contributed by atoms with Gasteiger partial charge < -0.3 is 14.8 Å². The normalized spacial score (nSPS) is 22.6. The number of aromatic nitrogens is 5. The Kier molecular flexibility index (Phi) is 5.35. The van der Waals surface area contributed by atoms with Gasteiger partial charge in [-0.25, -0.2) is 14.5 Å². The van der Waals surface area contributed by atoms with Crippen molar-refractivity contribution in [1.29, 1.82) is 0 Å². The highest BCUT2D eigenvalue weighted by Gasteiger charge is 2.38. The molecule has 6 rings (SSSR count). The predicted molar refractivity (Wildman–Crippen MR) is 128 cm³/mol. The second-order valence-electron chi connectivity index (χ2n) is 9.11. The van der Waals surface area contributed by atoms with E-state index in [-0.39, 0.29) is 6.10 Å². The summed E-state index contributed by atoms with van der Waals surface area (Å²) in [5.74, 6) is 1.55. The lowest BCUT2D eigenvalue weighted by atomic mass is 9.92. The first kappa shape index (κ1) is 21.0. The molecule has 9 nitrogen and oxygen atoms in total. The molecule has 4 aromatic rings. The number of hydrogen-bond acceptors (Lipinski definition) is 8. The van der Waals surface area contributed by atoms with Gasteiger partial charge in [0.05, 0.1) is 43.0 Å². The van der Waals surface area contributed by atoms with Crippen molar-refractivity contribution in [2.75, 3.05) is 25.6 Å². The standard InChI is InChI=1S/C25H27N7O2/c1-16-5-23(24(12-28-16)34-22-7-20-13-33-14-21(8-22)31(20)2)17-3-4-32-19(6-17)9-25(30-32)29-18-10-26-15-27-11-18/h3-6,9-12,15,20-22H,7-8,13-14H2,1-2H3,(H,29,30)/t20-,21+,22?. The van der Waals surface area contributed by atoms with Gasteiger partial charge in [-0.3, -0.25) is 9.88 Å². The SMILES string of the molecule is Cc1cc(-c2ccn3nc(Nc4cncnc4)cc3c2)c(OC2C[C@H]3COC[C@@H](C2)N3C)cn1. The van der Waals surface area contributed by atoms with Gasteiger partial charge >= 0.3 is 0 Å². The second kappa shape index (κ2) is 8.66. The molecule has 2 aliphatic heterocycles. The van der Waals surface area contributed by atoms with E-state index in [1.54, 1.807) is 12.4 Å². The molecular weight excluding hydrogens is 430 g/mol. The third-order valence-corrected chi connectivity index (χ3v) is 6.75. The van der Waals surface area contributed by atoms with Crippen molar-refractivity contribution in [2.45, 2.75) is 38.0 Å². The highest BCUT2D eigenvalue weighted by molar-refractivity contribution is 5.75. The van der Waals surface area contributed by atoms with E-state index in [4.69, 9.17) is 9.47 Å². The fraction of sp³-hybridized carbons (Fsp3) is 0.360. The average molecular weight is 458 g/mol. The van der Waals surface area contributed by atoms with E-state index in [0.29, 0.717) is 12.1 Å². The number of morpholine rings is 1. The summed E-state index contributed by atoms with van der Waals surface area (Å²) in [7, 11) is 2.20. The molecule has 2 aliphatic rings. The summed E-state index contributed by atoms with van der Waals surface area (Å²) in [5, 5.41) is 7.85. The van der Waals surface area contributed by atoms with Crippen LogP contribution in [0.3, 0.4) is 0 Å². The molecule has 0 spiro atoms. The molecule has 34 heavy (non-hydrogen) atoms. The van der Waals surface area contributed by atoms with Crippen molar-refractivity contribution in [3.63, 3.8) is 0 Å². The fourth-order valence-electron chi connectivity index (χ4n) is 4.92. The summed E-state index contributed by atoms with van der Waals surface area (Å²) in [6, 6.07) is 9.10. The summed E-state index contributed by atoms with van der Waals surface area (Å²) < 4.78 is 14.2. The van der Waals surface area contributed by atoms with Crippen LogP contribution in [-0.2, 0) is 4.74 Å². The number of nitrogens with one attached hydrogen (secondary N) is 1. The summed E-state index contributed by atoms with van der Waals surface area (Å²) in [6.45, 7) is 3.55. The third kappa shape index (κ3) is 4.08. The van der Waals surface area contributed by atoms with Crippen LogP contribution in [0, 0.1) is 6.92 Å². The zero-order valence-electron chi connectivity index (χ0n) is 19.3. The summed E-state index contributed by atoms with van der Waals surface area (Å²) in [5.41, 5.74) is 4.83. The van der Waals surface area contributed by atoms with E-state index in [1.807, 2.05) is 29.9 Å². The summed E-state index contributed by atoms with van der Waals surface area (Å²) in [4.78, 5) is 15.1. The smallest absolute Gasteiger partial charge is 0.153 e. The van der Waals surface area contributed by atoms with Gasteiger partial charge in [0.2, 0.25) is 0 Å². The Balaban J connectivity index is 1.28. The van der Waals surface area contributed by atoms with Crippen LogP contribution in [0.5, 0.6) is 5.75 Å². The number of pyridine rings is 2. The molecule has 2 saturated heterocycles. The second-order valence-corrected chi connectivity index (χ2v) is 9.11. The van der Waals surface area contributed by atoms with Gasteiger partial charge in [-0.2, -0.15) is 5.10 Å². The van der Waals surface area contributed by atoms with Gasteiger partial charge in [0.1, 0.15) is 18.2 Å². The van der Waals surface area contributed by atoms with E-state index in [1.165, 1.54) is 6.33 Å². The number of nitrogens with zero attached hydrogens (tertiary/aromatic N) is 6. The molecule has 0 radical (unpaired) electrons. The van der Waals surface area contributed by atoms with E-state index in [9.17, 15) is 0 Å². The minimum Gasteiger partial charge on any atom is -0.488 e. The predicted octanol–water partition coefficient (Wildman–Crippen LogP) is 3.48. The first-order valence-corrected chi connectivity index (χ1v) is 11.6. The van der Waals surface area contributed by atoms with Crippen molar-refractivity contribution in [3.05, 3.63) is 61.1 Å². The van der Waals surface area contributed by atoms with E-state index in [2.05, 4.69) is 55.5 Å². The molecule has 1 N–H and O–H groups in total. The summed E-state index contributed by atoms with van der Waals surface area (Å²) in [6.07, 6.45) is 10.8. The lowest BCUT2D eigenvalue weighted by molar-refractivity contribution is -0.0879. The Morgan fingerprint density at radius 2 is 1.85 bits per heavy atom. The highest BCUT2D eigenvalue weighted by atomic mass is 16.5. The zero-order valence-corrected chi connectivity index (χ0v) is 19.3. The molecule has 6 heterocycles. The molecule has 174 valence electrons. The van der Waals surface area contributed by atoms with Gasteiger partial charge in [-0.05, 0) is 37.7 Å². The van der Waals surface area contributed by atoms with Gasteiger partial charge in [0, 0.05) is 48.4 Å². The van der Waals surface area contributed by atoms with Crippen molar-refractivity contribution >= 4 is 17.0 Å². The molecule has 2 bridgehead atoms. The number of rotatable bonds is 5. The molecule has 2 fully saturated rings. The van der Waals surface area contributed by atoms with E-state index < -0.39 is 0 Å². The van der Waals surface area contributed by atoms with Crippen molar-refractivity contribution in [3.8, 4) is 16.9 Å². The van der Waals surface area contributed by atoms with Crippen LogP contribution in [0.2, 0.25) is 0 Å². The minimum absolute atomic E-state index is 0.154. The Hall–Kier alpha value is -3.56. The van der Waals surface area contributed by atoms with Crippen molar-refractivity contribution in [2.24, 2.45) is 0 Å². The number of piperidine rings is 1. The topological polar surface area (TPSA) is 89.7 Å². The number of hydrogen-bond donors (Lipinski definition) is 1. The molecule has 9 heteroatoms. The molecular formula is C25H27N7O2. The Morgan fingerprint density at radius 3 is 2.65 bits per heavy atom. The molecule has 0 amide bonds. The van der Waals surface area contributed by atoms with Gasteiger partial charge in [-0.1, -0.05) is 0 Å².